The Morgan fingerprint density at radius 2 is 2.00 bits per heavy atom. The Balaban J connectivity index is 2.48. The number of benzene rings is 1. The maximum absolute atomic E-state index is 12.1. The van der Waals surface area contributed by atoms with E-state index in [2.05, 4.69) is 20.4 Å². The number of alkyl halides is 3. The molecule has 0 aliphatic heterocycles. The van der Waals surface area contributed by atoms with Gasteiger partial charge in [-0.2, -0.15) is 13.2 Å². The number of rotatable bonds is 8. The lowest BCUT2D eigenvalue weighted by Gasteiger charge is -2.17. The van der Waals surface area contributed by atoms with E-state index >= 15 is 0 Å². The Bertz CT molecular complexity index is 522. The van der Waals surface area contributed by atoms with E-state index in [1.54, 1.807) is 32.4 Å². The SMILES string of the molecule is CN=C(NCc1cccc(COCC(F)(F)F)c1)NC(C)COC. The third-order valence-electron chi connectivity index (χ3n) is 3.01. The molecule has 0 aliphatic carbocycles. The molecule has 0 heterocycles. The number of aliphatic imine (C=N–C) groups is 1. The molecule has 8 heteroatoms. The molecular formula is C16H24F3N3O2. The molecule has 0 bridgehead atoms. The Labute approximate surface area is 140 Å². The molecule has 2 N–H and O–H groups in total. The summed E-state index contributed by atoms with van der Waals surface area (Å²) in [7, 11) is 3.29. The van der Waals surface area contributed by atoms with Crippen molar-refractivity contribution in [3.8, 4) is 0 Å². The minimum absolute atomic E-state index is 0.0782. The van der Waals surface area contributed by atoms with Crippen LogP contribution in [0.5, 0.6) is 0 Å². The monoisotopic (exact) mass is 347 g/mol. The first-order chi connectivity index (χ1) is 11.3. The van der Waals surface area contributed by atoms with Crippen molar-refractivity contribution in [3.05, 3.63) is 35.4 Å². The normalized spacial score (nSPS) is 13.7. The molecule has 1 unspecified atom stereocenters. The second kappa shape index (κ2) is 10.1. The quantitative estimate of drug-likeness (QED) is 0.560. The van der Waals surface area contributed by atoms with Gasteiger partial charge in [0.05, 0.1) is 13.2 Å². The van der Waals surface area contributed by atoms with E-state index < -0.39 is 12.8 Å². The number of guanidine groups is 1. The van der Waals surface area contributed by atoms with Crippen LogP contribution in [-0.2, 0) is 22.6 Å². The van der Waals surface area contributed by atoms with Gasteiger partial charge in [0.2, 0.25) is 0 Å². The third kappa shape index (κ3) is 8.73. The predicted molar refractivity (Wildman–Crippen MR) is 86.8 cm³/mol. The van der Waals surface area contributed by atoms with Gasteiger partial charge < -0.3 is 20.1 Å². The lowest BCUT2D eigenvalue weighted by molar-refractivity contribution is -0.176. The van der Waals surface area contributed by atoms with Crippen LogP contribution in [0.15, 0.2) is 29.3 Å². The van der Waals surface area contributed by atoms with Crippen LogP contribution < -0.4 is 10.6 Å². The van der Waals surface area contributed by atoms with Crippen LogP contribution in [0.4, 0.5) is 13.2 Å². The first kappa shape index (κ1) is 20.2. The smallest absolute Gasteiger partial charge is 0.383 e. The van der Waals surface area contributed by atoms with Crippen LogP contribution in [0, 0.1) is 0 Å². The third-order valence-corrected chi connectivity index (χ3v) is 3.01. The fourth-order valence-corrected chi connectivity index (χ4v) is 2.02. The first-order valence-electron chi connectivity index (χ1n) is 7.52. The lowest BCUT2D eigenvalue weighted by atomic mass is 10.1. The zero-order valence-corrected chi connectivity index (χ0v) is 14.1. The fraction of sp³-hybridized carbons (Fsp3) is 0.562. The van der Waals surface area contributed by atoms with Gasteiger partial charge >= 0.3 is 6.18 Å². The molecule has 0 amide bonds. The number of hydrogen-bond acceptors (Lipinski definition) is 3. The van der Waals surface area contributed by atoms with Gasteiger partial charge in [0.1, 0.15) is 6.61 Å². The predicted octanol–water partition coefficient (Wildman–Crippen LogP) is 2.47. The van der Waals surface area contributed by atoms with Gasteiger partial charge in [-0.25, -0.2) is 0 Å². The van der Waals surface area contributed by atoms with Crippen LogP contribution in [0.25, 0.3) is 0 Å². The number of halogens is 3. The van der Waals surface area contributed by atoms with E-state index in [-0.39, 0.29) is 12.6 Å². The number of nitrogens with zero attached hydrogens (tertiary/aromatic N) is 1. The van der Waals surface area contributed by atoms with Gasteiger partial charge in [-0.1, -0.05) is 24.3 Å². The van der Waals surface area contributed by atoms with Gasteiger partial charge in [0.15, 0.2) is 5.96 Å². The molecule has 24 heavy (non-hydrogen) atoms. The maximum Gasteiger partial charge on any atom is 0.411 e. The van der Waals surface area contributed by atoms with Crippen molar-refractivity contribution < 1.29 is 22.6 Å². The van der Waals surface area contributed by atoms with Gasteiger partial charge in [0.25, 0.3) is 0 Å². The molecule has 1 aromatic carbocycles. The van der Waals surface area contributed by atoms with Crippen LogP contribution in [0.2, 0.25) is 0 Å². The highest BCUT2D eigenvalue weighted by Crippen LogP contribution is 2.16. The molecule has 0 saturated heterocycles. The summed E-state index contributed by atoms with van der Waals surface area (Å²) < 4.78 is 46.0. The van der Waals surface area contributed by atoms with Crippen molar-refractivity contribution in [2.24, 2.45) is 4.99 Å². The Hall–Kier alpha value is -1.80. The minimum atomic E-state index is -4.31. The maximum atomic E-state index is 12.1. The van der Waals surface area contributed by atoms with Gasteiger partial charge in [-0.15, -0.1) is 0 Å². The van der Waals surface area contributed by atoms with E-state index in [0.717, 1.165) is 5.56 Å². The minimum Gasteiger partial charge on any atom is -0.383 e. The lowest BCUT2D eigenvalue weighted by Crippen LogP contribution is -2.43. The van der Waals surface area contributed by atoms with Crippen molar-refractivity contribution in [2.75, 3.05) is 27.4 Å². The topological polar surface area (TPSA) is 54.9 Å². The van der Waals surface area contributed by atoms with E-state index in [0.29, 0.717) is 24.7 Å². The van der Waals surface area contributed by atoms with Crippen LogP contribution in [0.1, 0.15) is 18.1 Å². The summed E-state index contributed by atoms with van der Waals surface area (Å²) in [6.07, 6.45) is -4.31. The van der Waals surface area contributed by atoms with Crippen molar-refractivity contribution in [3.63, 3.8) is 0 Å². The van der Waals surface area contributed by atoms with Gasteiger partial charge in [-0.05, 0) is 18.1 Å². The zero-order valence-electron chi connectivity index (χ0n) is 14.1. The first-order valence-corrected chi connectivity index (χ1v) is 7.52. The van der Waals surface area contributed by atoms with E-state index in [1.165, 1.54) is 0 Å². The number of methoxy groups -OCH3 is 1. The average molecular weight is 347 g/mol. The summed E-state index contributed by atoms with van der Waals surface area (Å²) in [4.78, 5) is 4.11. The Morgan fingerprint density at radius 3 is 2.62 bits per heavy atom. The van der Waals surface area contributed by atoms with Crippen molar-refractivity contribution in [1.82, 2.24) is 10.6 Å². The molecule has 0 spiro atoms. The molecule has 1 aromatic rings. The summed E-state index contributed by atoms with van der Waals surface area (Å²) in [5.74, 6) is 0.623. The zero-order chi connectivity index (χ0) is 18.0. The molecule has 0 radical (unpaired) electrons. The van der Waals surface area contributed by atoms with Crippen LogP contribution in [-0.4, -0.2) is 45.5 Å². The molecule has 0 aromatic heterocycles. The summed E-state index contributed by atoms with van der Waals surface area (Å²) in [5, 5.41) is 6.31. The van der Waals surface area contributed by atoms with Crippen molar-refractivity contribution >= 4 is 5.96 Å². The molecule has 1 atom stereocenters. The Morgan fingerprint density at radius 1 is 1.29 bits per heavy atom. The van der Waals surface area contributed by atoms with Crippen LogP contribution in [0.3, 0.4) is 0 Å². The molecule has 0 fully saturated rings. The number of hydrogen-bond donors (Lipinski definition) is 2. The standard InChI is InChI=1S/C16H24F3N3O2/c1-12(9-23-3)22-15(20-2)21-8-13-5-4-6-14(7-13)10-24-11-16(17,18)19/h4-7,12H,8-11H2,1-3H3,(H2,20,21,22). The van der Waals surface area contributed by atoms with Gasteiger partial charge in [-0.3, -0.25) is 4.99 Å². The van der Waals surface area contributed by atoms with Crippen molar-refractivity contribution in [2.45, 2.75) is 32.3 Å². The highest BCUT2D eigenvalue weighted by Gasteiger charge is 2.27. The summed E-state index contributed by atoms with van der Waals surface area (Å²) in [6.45, 7) is 1.68. The summed E-state index contributed by atoms with van der Waals surface area (Å²) >= 11 is 0. The molecule has 5 nitrogen and oxygen atoms in total. The summed E-state index contributed by atoms with van der Waals surface area (Å²) in [6, 6.07) is 7.30. The second-order valence-electron chi connectivity index (χ2n) is 5.35. The van der Waals surface area contributed by atoms with Crippen LogP contribution >= 0.6 is 0 Å². The molecule has 1 rings (SSSR count). The molecule has 0 saturated carbocycles. The molecular weight excluding hydrogens is 323 g/mol. The van der Waals surface area contributed by atoms with E-state index in [9.17, 15) is 13.2 Å². The van der Waals surface area contributed by atoms with E-state index in [4.69, 9.17) is 4.74 Å². The number of ether oxygens (including phenoxy) is 2. The molecule has 0 aliphatic rings. The average Bonchev–Trinajstić information content (AvgIpc) is 2.51. The highest BCUT2D eigenvalue weighted by molar-refractivity contribution is 5.79. The molecule has 136 valence electrons. The summed E-state index contributed by atoms with van der Waals surface area (Å²) in [5.41, 5.74) is 1.61. The largest absolute Gasteiger partial charge is 0.411 e. The number of nitrogens with one attached hydrogen (secondary N) is 2. The van der Waals surface area contributed by atoms with Crippen molar-refractivity contribution in [1.29, 1.82) is 0 Å². The Kier molecular flexibility index (Phi) is 8.56. The van der Waals surface area contributed by atoms with Gasteiger partial charge in [0, 0.05) is 26.7 Å². The highest BCUT2D eigenvalue weighted by atomic mass is 19.4. The fourth-order valence-electron chi connectivity index (χ4n) is 2.02. The second-order valence-corrected chi connectivity index (χ2v) is 5.35. The van der Waals surface area contributed by atoms with E-state index in [1.807, 2.05) is 13.0 Å².